The highest BCUT2D eigenvalue weighted by Crippen LogP contribution is 2.15. The van der Waals surface area contributed by atoms with Crippen molar-refractivity contribution in [2.45, 2.75) is 17.9 Å². The molecule has 0 saturated carbocycles. The zero-order valence-corrected chi connectivity index (χ0v) is 12.2. The first-order valence-electron chi connectivity index (χ1n) is 5.28. The van der Waals surface area contributed by atoms with Gasteiger partial charge in [0.2, 0.25) is 0 Å². The minimum atomic E-state index is -3.83. The van der Waals surface area contributed by atoms with E-state index in [1.54, 1.807) is 31.1 Å². The van der Waals surface area contributed by atoms with Crippen LogP contribution in [0.25, 0.3) is 0 Å². The smallest absolute Gasteiger partial charge is 0.297 e. The van der Waals surface area contributed by atoms with Gasteiger partial charge in [-0.2, -0.15) is 8.42 Å². The van der Waals surface area contributed by atoms with Gasteiger partial charge < -0.3 is 4.90 Å². The number of likely N-dealkylation sites (N-methyl/N-ethyl adjacent to an activating group) is 1. The van der Waals surface area contributed by atoms with Gasteiger partial charge in [0.25, 0.3) is 10.1 Å². The molecule has 1 aromatic carbocycles. The monoisotopic (exact) mass is 286 g/mol. The number of benzene rings is 1. The Labute approximate surface area is 114 Å². The molecule has 0 bridgehead atoms. The van der Waals surface area contributed by atoms with Crippen LogP contribution in [0.4, 0.5) is 0 Å². The first-order valence-corrected chi connectivity index (χ1v) is 7.10. The molecule has 1 unspecified atom stereocenters. The second-order valence-electron chi connectivity index (χ2n) is 4.08. The molecule has 18 heavy (non-hydrogen) atoms. The molecule has 99 valence electrons. The Morgan fingerprint density at radius 2 is 1.83 bits per heavy atom. The SMILES string of the molecule is [CH2]C(OS(=O)(=O)c1ccc(C)cc1)C(=S)N(C)C. The maximum absolute atomic E-state index is 11.9. The van der Waals surface area contributed by atoms with Gasteiger partial charge in [0.1, 0.15) is 11.1 Å². The average Bonchev–Trinajstić information content (AvgIpc) is 2.27. The van der Waals surface area contributed by atoms with Gasteiger partial charge in [0.15, 0.2) is 0 Å². The molecular formula is C12H16NO3S2. The van der Waals surface area contributed by atoms with Gasteiger partial charge in [-0.05, 0) is 26.0 Å². The van der Waals surface area contributed by atoms with Crippen LogP contribution in [-0.4, -0.2) is 38.5 Å². The Morgan fingerprint density at radius 3 is 2.28 bits per heavy atom. The van der Waals surface area contributed by atoms with E-state index in [9.17, 15) is 8.42 Å². The number of hydrogen-bond acceptors (Lipinski definition) is 4. The number of hydrogen-bond donors (Lipinski definition) is 0. The van der Waals surface area contributed by atoms with E-state index in [2.05, 4.69) is 6.92 Å². The van der Waals surface area contributed by atoms with Crippen LogP contribution in [0.15, 0.2) is 29.2 Å². The predicted molar refractivity (Wildman–Crippen MR) is 74.9 cm³/mol. The Hall–Kier alpha value is -0.980. The minimum Gasteiger partial charge on any atom is -0.370 e. The number of thiocarbonyl (C=S) groups is 1. The summed E-state index contributed by atoms with van der Waals surface area (Å²) in [5, 5.41) is 0. The summed E-state index contributed by atoms with van der Waals surface area (Å²) in [5.41, 5.74) is 0.976. The van der Waals surface area contributed by atoms with E-state index < -0.39 is 16.2 Å². The molecule has 1 aromatic rings. The molecule has 0 fully saturated rings. The highest BCUT2D eigenvalue weighted by atomic mass is 32.2. The first kappa shape index (κ1) is 15.1. The summed E-state index contributed by atoms with van der Waals surface area (Å²) in [6.45, 7) is 5.48. The van der Waals surface area contributed by atoms with Crippen molar-refractivity contribution < 1.29 is 12.6 Å². The normalized spacial score (nSPS) is 13.1. The summed E-state index contributed by atoms with van der Waals surface area (Å²) in [5.74, 6) is 0. The molecule has 0 aliphatic carbocycles. The summed E-state index contributed by atoms with van der Waals surface area (Å²) in [6.07, 6.45) is -0.915. The second kappa shape index (κ2) is 5.77. The van der Waals surface area contributed by atoms with Crippen molar-refractivity contribution in [3.8, 4) is 0 Å². The Bertz CT molecular complexity index is 521. The number of aryl methyl sites for hydroxylation is 1. The third-order valence-corrected chi connectivity index (χ3v) is 4.23. The topological polar surface area (TPSA) is 46.6 Å². The van der Waals surface area contributed by atoms with Crippen molar-refractivity contribution in [2.75, 3.05) is 14.1 Å². The summed E-state index contributed by atoms with van der Waals surface area (Å²) in [4.78, 5) is 2.02. The van der Waals surface area contributed by atoms with Crippen LogP contribution in [0, 0.1) is 13.8 Å². The molecule has 1 rings (SSSR count). The largest absolute Gasteiger partial charge is 0.370 e. The molecule has 0 aromatic heterocycles. The molecule has 0 amide bonds. The molecule has 0 heterocycles. The molecule has 0 saturated heterocycles. The lowest BCUT2D eigenvalue weighted by atomic mass is 10.2. The van der Waals surface area contributed by atoms with E-state index in [0.29, 0.717) is 4.99 Å². The van der Waals surface area contributed by atoms with E-state index in [1.165, 1.54) is 12.1 Å². The maximum atomic E-state index is 11.9. The highest BCUT2D eigenvalue weighted by Gasteiger charge is 2.22. The van der Waals surface area contributed by atoms with Crippen molar-refractivity contribution >= 4 is 27.3 Å². The fourth-order valence-electron chi connectivity index (χ4n) is 1.24. The Kier molecular flexibility index (Phi) is 4.84. The molecule has 0 spiro atoms. The lowest BCUT2D eigenvalue weighted by Gasteiger charge is -2.19. The van der Waals surface area contributed by atoms with Crippen LogP contribution in [-0.2, 0) is 14.3 Å². The highest BCUT2D eigenvalue weighted by molar-refractivity contribution is 7.87. The third-order valence-electron chi connectivity index (χ3n) is 2.27. The van der Waals surface area contributed by atoms with Crippen LogP contribution in [0.2, 0.25) is 0 Å². The molecule has 0 aliphatic heterocycles. The zero-order chi connectivity index (χ0) is 13.9. The maximum Gasteiger partial charge on any atom is 0.297 e. The summed E-state index contributed by atoms with van der Waals surface area (Å²) in [6, 6.07) is 6.41. The van der Waals surface area contributed by atoms with Crippen molar-refractivity contribution in [3.63, 3.8) is 0 Å². The van der Waals surface area contributed by atoms with E-state index in [0.717, 1.165) is 5.56 Å². The Morgan fingerprint density at radius 1 is 1.33 bits per heavy atom. The standard InChI is InChI=1S/C12H16NO3S2/c1-9-5-7-11(8-6-9)18(14,15)16-10(2)12(17)13(3)4/h5-8,10H,2H2,1,3-4H3. The molecular weight excluding hydrogens is 270 g/mol. The second-order valence-corrected chi connectivity index (χ2v) is 6.08. The van der Waals surface area contributed by atoms with Gasteiger partial charge in [-0.3, -0.25) is 4.18 Å². The van der Waals surface area contributed by atoms with E-state index in [-0.39, 0.29) is 4.90 Å². The van der Waals surface area contributed by atoms with Crippen molar-refractivity contribution in [2.24, 2.45) is 0 Å². The van der Waals surface area contributed by atoms with Gasteiger partial charge in [-0.15, -0.1) is 0 Å². The van der Waals surface area contributed by atoms with Crippen molar-refractivity contribution in [1.29, 1.82) is 0 Å². The van der Waals surface area contributed by atoms with E-state index in [1.807, 2.05) is 6.92 Å². The van der Waals surface area contributed by atoms with Crippen LogP contribution < -0.4 is 0 Å². The van der Waals surface area contributed by atoms with Crippen LogP contribution in [0.5, 0.6) is 0 Å². The van der Waals surface area contributed by atoms with Crippen molar-refractivity contribution in [1.82, 2.24) is 4.90 Å². The lowest BCUT2D eigenvalue weighted by Crippen LogP contribution is -2.33. The van der Waals surface area contributed by atoms with Gasteiger partial charge >= 0.3 is 0 Å². The van der Waals surface area contributed by atoms with Gasteiger partial charge in [-0.1, -0.05) is 29.9 Å². The fourth-order valence-corrected chi connectivity index (χ4v) is 2.33. The molecule has 1 radical (unpaired) electrons. The molecule has 0 N–H and O–H groups in total. The summed E-state index contributed by atoms with van der Waals surface area (Å²) >= 11 is 5.01. The van der Waals surface area contributed by atoms with Crippen LogP contribution in [0.3, 0.4) is 0 Å². The minimum absolute atomic E-state index is 0.100. The molecule has 6 heteroatoms. The summed E-state index contributed by atoms with van der Waals surface area (Å²) < 4.78 is 28.8. The zero-order valence-electron chi connectivity index (χ0n) is 10.6. The Balaban J connectivity index is 2.89. The fraction of sp³-hybridized carbons (Fsp3) is 0.333. The van der Waals surface area contributed by atoms with Crippen LogP contribution >= 0.6 is 12.2 Å². The molecule has 0 aliphatic rings. The first-order chi connectivity index (χ1) is 8.24. The van der Waals surface area contributed by atoms with Crippen LogP contribution in [0.1, 0.15) is 5.56 Å². The van der Waals surface area contributed by atoms with E-state index in [4.69, 9.17) is 16.4 Å². The third kappa shape index (κ3) is 3.76. The van der Waals surface area contributed by atoms with Gasteiger partial charge in [0.05, 0.1) is 4.90 Å². The average molecular weight is 286 g/mol. The lowest BCUT2D eigenvalue weighted by molar-refractivity contribution is 0.301. The van der Waals surface area contributed by atoms with Crippen molar-refractivity contribution in [3.05, 3.63) is 36.8 Å². The van der Waals surface area contributed by atoms with Gasteiger partial charge in [0, 0.05) is 14.1 Å². The molecule has 4 nitrogen and oxygen atoms in total. The van der Waals surface area contributed by atoms with E-state index >= 15 is 0 Å². The predicted octanol–water partition coefficient (Wildman–Crippen LogP) is 1.79. The summed E-state index contributed by atoms with van der Waals surface area (Å²) in [7, 11) is -0.410. The molecule has 1 atom stereocenters. The quantitative estimate of drug-likeness (QED) is 0.624. The number of rotatable bonds is 4. The van der Waals surface area contributed by atoms with Gasteiger partial charge in [-0.25, -0.2) is 0 Å². The number of nitrogens with zero attached hydrogens (tertiary/aromatic N) is 1.